The molecule has 0 spiro atoms. The first kappa shape index (κ1) is 13.0. The van der Waals surface area contributed by atoms with Gasteiger partial charge in [0.1, 0.15) is 0 Å². The molecule has 1 N–H and O–H groups in total. The summed E-state index contributed by atoms with van der Waals surface area (Å²) in [5, 5.41) is 5.46. The fourth-order valence-electron chi connectivity index (χ4n) is 2.60. The van der Waals surface area contributed by atoms with Gasteiger partial charge in [-0.05, 0) is 30.3 Å². The lowest BCUT2D eigenvalue weighted by Gasteiger charge is -2.05. The third kappa shape index (κ3) is 2.26. The van der Waals surface area contributed by atoms with E-state index >= 15 is 0 Å². The lowest BCUT2D eigenvalue weighted by molar-refractivity contribution is 0.102. The predicted molar refractivity (Wildman–Crippen MR) is 93.7 cm³/mol. The minimum atomic E-state index is -0.0824. The van der Waals surface area contributed by atoms with E-state index in [2.05, 4.69) is 35.6 Å². The molecule has 2 nitrogen and oxygen atoms in total. The van der Waals surface area contributed by atoms with Crippen molar-refractivity contribution in [3.05, 3.63) is 78.4 Å². The summed E-state index contributed by atoms with van der Waals surface area (Å²) in [7, 11) is 0. The number of thiophene rings is 1. The van der Waals surface area contributed by atoms with E-state index in [1.54, 1.807) is 11.3 Å². The quantitative estimate of drug-likeness (QED) is 0.534. The Labute approximate surface area is 132 Å². The number of nitrogens with one attached hydrogen (secondary N) is 1. The highest BCUT2D eigenvalue weighted by Crippen LogP contribution is 2.35. The van der Waals surface area contributed by atoms with Gasteiger partial charge in [-0.2, -0.15) is 0 Å². The van der Waals surface area contributed by atoms with Gasteiger partial charge in [0.05, 0.1) is 0 Å². The first-order valence-electron chi connectivity index (χ1n) is 7.09. The standard InChI is InChI=1S/C19H13NOS/c21-19(13-6-2-1-3-7-13)20-14-10-11-16-15-8-4-5-9-17(15)22-18(16)12-14/h1-12H,(H,20,21). The molecule has 0 bridgehead atoms. The van der Waals surface area contributed by atoms with Crippen LogP contribution >= 0.6 is 11.3 Å². The van der Waals surface area contributed by atoms with Gasteiger partial charge in [-0.15, -0.1) is 11.3 Å². The van der Waals surface area contributed by atoms with Crippen molar-refractivity contribution in [1.82, 2.24) is 0 Å². The van der Waals surface area contributed by atoms with Gasteiger partial charge in [0, 0.05) is 31.4 Å². The predicted octanol–water partition coefficient (Wildman–Crippen LogP) is 5.31. The molecule has 3 aromatic carbocycles. The van der Waals surface area contributed by atoms with E-state index in [4.69, 9.17) is 0 Å². The molecule has 106 valence electrons. The van der Waals surface area contributed by atoms with Crippen LogP contribution in [0.5, 0.6) is 0 Å². The molecule has 0 radical (unpaired) electrons. The first-order chi connectivity index (χ1) is 10.8. The van der Waals surface area contributed by atoms with Crippen LogP contribution in [0.15, 0.2) is 72.8 Å². The van der Waals surface area contributed by atoms with Gasteiger partial charge < -0.3 is 5.32 Å². The molecule has 3 heteroatoms. The average molecular weight is 303 g/mol. The van der Waals surface area contributed by atoms with Crippen LogP contribution in [0.1, 0.15) is 10.4 Å². The highest BCUT2D eigenvalue weighted by molar-refractivity contribution is 7.25. The van der Waals surface area contributed by atoms with E-state index in [1.807, 2.05) is 42.5 Å². The Morgan fingerprint density at radius 1 is 0.773 bits per heavy atom. The summed E-state index contributed by atoms with van der Waals surface area (Å²) in [5.41, 5.74) is 1.49. The minimum Gasteiger partial charge on any atom is -0.322 e. The summed E-state index contributed by atoms with van der Waals surface area (Å²) in [5.74, 6) is -0.0824. The fourth-order valence-corrected chi connectivity index (χ4v) is 3.74. The maximum absolute atomic E-state index is 12.2. The molecular formula is C19H13NOS. The van der Waals surface area contributed by atoms with Crippen molar-refractivity contribution in [3.63, 3.8) is 0 Å². The molecule has 0 atom stereocenters. The second kappa shape index (κ2) is 5.28. The van der Waals surface area contributed by atoms with Crippen LogP contribution < -0.4 is 5.32 Å². The fraction of sp³-hybridized carbons (Fsp3) is 0. The first-order valence-corrected chi connectivity index (χ1v) is 7.90. The molecule has 0 fully saturated rings. The lowest BCUT2D eigenvalue weighted by atomic mass is 10.1. The van der Waals surface area contributed by atoms with Crippen molar-refractivity contribution in [1.29, 1.82) is 0 Å². The normalized spacial score (nSPS) is 10.9. The molecule has 4 aromatic rings. The summed E-state index contributed by atoms with van der Waals surface area (Å²) in [4.78, 5) is 12.2. The van der Waals surface area contributed by atoms with Gasteiger partial charge in [0.2, 0.25) is 0 Å². The number of hydrogen-bond acceptors (Lipinski definition) is 2. The van der Waals surface area contributed by atoms with Gasteiger partial charge in [0.15, 0.2) is 0 Å². The molecule has 0 unspecified atom stereocenters. The van der Waals surface area contributed by atoms with E-state index in [-0.39, 0.29) is 5.91 Å². The Morgan fingerprint density at radius 2 is 1.50 bits per heavy atom. The third-order valence-electron chi connectivity index (χ3n) is 3.67. The van der Waals surface area contributed by atoms with Crippen LogP contribution in [0.2, 0.25) is 0 Å². The van der Waals surface area contributed by atoms with E-state index in [0.29, 0.717) is 5.56 Å². The second-order valence-corrected chi connectivity index (χ2v) is 6.21. The molecule has 1 amide bonds. The van der Waals surface area contributed by atoms with E-state index in [1.165, 1.54) is 20.2 Å². The van der Waals surface area contributed by atoms with Crippen molar-refractivity contribution < 1.29 is 4.79 Å². The van der Waals surface area contributed by atoms with E-state index in [9.17, 15) is 4.79 Å². The Bertz CT molecular complexity index is 972. The topological polar surface area (TPSA) is 29.1 Å². The lowest BCUT2D eigenvalue weighted by Crippen LogP contribution is -2.11. The van der Waals surface area contributed by atoms with Crippen LogP contribution in [-0.2, 0) is 0 Å². The Balaban J connectivity index is 1.71. The summed E-state index contributed by atoms with van der Waals surface area (Å²) < 4.78 is 2.45. The SMILES string of the molecule is O=C(Nc1ccc2c(c1)sc1ccccc12)c1ccccc1. The highest BCUT2D eigenvalue weighted by atomic mass is 32.1. The molecule has 0 aliphatic heterocycles. The monoisotopic (exact) mass is 303 g/mol. The van der Waals surface area contributed by atoms with Crippen LogP contribution in [0.4, 0.5) is 5.69 Å². The van der Waals surface area contributed by atoms with Gasteiger partial charge in [-0.25, -0.2) is 0 Å². The number of benzene rings is 3. The Kier molecular flexibility index (Phi) is 3.13. The van der Waals surface area contributed by atoms with Crippen molar-refractivity contribution >= 4 is 43.1 Å². The summed E-state index contributed by atoms with van der Waals surface area (Å²) in [6.07, 6.45) is 0. The summed E-state index contributed by atoms with van der Waals surface area (Å²) in [6.45, 7) is 0. The number of anilines is 1. The highest BCUT2D eigenvalue weighted by Gasteiger charge is 2.08. The van der Waals surface area contributed by atoms with Gasteiger partial charge in [0.25, 0.3) is 5.91 Å². The summed E-state index contributed by atoms with van der Waals surface area (Å²) in [6, 6.07) is 23.7. The zero-order valence-electron chi connectivity index (χ0n) is 11.7. The van der Waals surface area contributed by atoms with E-state index in [0.717, 1.165) is 5.69 Å². The molecule has 0 aliphatic rings. The van der Waals surface area contributed by atoms with Crippen LogP contribution in [0, 0.1) is 0 Å². The number of fused-ring (bicyclic) bond motifs is 3. The zero-order chi connectivity index (χ0) is 14.9. The number of hydrogen-bond donors (Lipinski definition) is 1. The average Bonchev–Trinajstić information content (AvgIpc) is 2.93. The molecule has 1 aromatic heterocycles. The maximum Gasteiger partial charge on any atom is 0.255 e. The largest absolute Gasteiger partial charge is 0.322 e. The van der Waals surface area contributed by atoms with Crippen molar-refractivity contribution in [2.24, 2.45) is 0 Å². The van der Waals surface area contributed by atoms with Gasteiger partial charge in [-0.3, -0.25) is 4.79 Å². The van der Waals surface area contributed by atoms with Crippen molar-refractivity contribution in [3.8, 4) is 0 Å². The van der Waals surface area contributed by atoms with Crippen molar-refractivity contribution in [2.75, 3.05) is 5.32 Å². The molecular weight excluding hydrogens is 290 g/mol. The minimum absolute atomic E-state index is 0.0824. The van der Waals surface area contributed by atoms with Crippen molar-refractivity contribution in [2.45, 2.75) is 0 Å². The second-order valence-electron chi connectivity index (χ2n) is 5.13. The number of carbonyl (C=O) groups excluding carboxylic acids is 1. The van der Waals surface area contributed by atoms with Crippen LogP contribution in [0.25, 0.3) is 20.2 Å². The van der Waals surface area contributed by atoms with Gasteiger partial charge in [-0.1, -0.05) is 42.5 Å². The number of carbonyl (C=O) groups is 1. The van der Waals surface area contributed by atoms with Crippen LogP contribution in [-0.4, -0.2) is 5.91 Å². The molecule has 0 saturated heterocycles. The molecule has 22 heavy (non-hydrogen) atoms. The Morgan fingerprint density at radius 3 is 2.36 bits per heavy atom. The molecule has 0 aliphatic carbocycles. The molecule has 0 saturated carbocycles. The Hall–Kier alpha value is -2.65. The number of amides is 1. The molecule has 1 heterocycles. The van der Waals surface area contributed by atoms with Crippen LogP contribution in [0.3, 0.4) is 0 Å². The molecule has 4 rings (SSSR count). The van der Waals surface area contributed by atoms with E-state index < -0.39 is 0 Å². The maximum atomic E-state index is 12.2. The van der Waals surface area contributed by atoms with Gasteiger partial charge >= 0.3 is 0 Å². The third-order valence-corrected chi connectivity index (χ3v) is 4.81. The number of rotatable bonds is 2. The summed E-state index contributed by atoms with van der Waals surface area (Å²) >= 11 is 1.75. The smallest absolute Gasteiger partial charge is 0.255 e. The zero-order valence-corrected chi connectivity index (χ0v) is 12.6.